The summed E-state index contributed by atoms with van der Waals surface area (Å²) >= 11 is 0. The van der Waals surface area contributed by atoms with Gasteiger partial charge in [0.2, 0.25) is 0 Å². The van der Waals surface area contributed by atoms with E-state index in [-0.39, 0.29) is 27.1 Å². The number of hydrogen-bond acceptors (Lipinski definition) is 2. The molecular formula is C67H68N4O. The zero-order valence-electron chi connectivity index (χ0n) is 44.2. The van der Waals surface area contributed by atoms with Crippen LogP contribution in [0.25, 0.3) is 39.0 Å². The monoisotopic (exact) mass is 945 g/mol. The molecule has 0 spiro atoms. The van der Waals surface area contributed by atoms with E-state index in [9.17, 15) is 0 Å². The summed E-state index contributed by atoms with van der Waals surface area (Å²) in [4.78, 5) is 5.03. The first-order valence-corrected chi connectivity index (χ1v) is 25.4. The maximum atomic E-state index is 7.12. The number of imidazole rings is 1. The van der Waals surface area contributed by atoms with Crippen LogP contribution in [0.1, 0.15) is 128 Å². The molecule has 0 amide bonds. The molecule has 0 aliphatic heterocycles. The smallest absolute Gasteiger partial charge is 0.269 e. The van der Waals surface area contributed by atoms with Gasteiger partial charge in [0.05, 0.1) is 28.1 Å². The molecule has 0 fully saturated rings. The van der Waals surface area contributed by atoms with Crippen molar-refractivity contribution in [3.05, 3.63) is 245 Å². The second-order valence-electron chi connectivity index (χ2n) is 23.3. The first-order chi connectivity index (χ1) is 34.2. The minimum absolute atomic E-state index is 0.0506. The van der Waals surface area contributed by atoms with Crippen molar-refractivity contribution in [2.45, 2.75) is 110 Å². The van der Waals surface area contributed by atoms with Crippen molar-refractivity contribution in [3.63, 3.8) is 0 Å². The number of hydrogen-bond donors (Lipinski definition) is 0. The molecule has 10 aromatic rings. The molecule has 7 aromatic carbocycles. The summed E-state index contributed by atoms with van der Waals surface area (Å²) < 4.78 is 13.8. The van der Waals surface area contributed by atoms with Gasteiger partial charge in [-0.2, -0.15) is 0 Å². The SMILES string of the molecule is CC(C)(C)c1ccnc(-n2c3ccccc3c3c(C(C)(C)c4ccccc4)cc(Oc4cccc(-n5[c-][n+](-c6cc(C(C)(C)c7ccccc7)cc(C(C)(C)c7ccccc7)c6)cc5C(C)(C)C)c4)cc32)c1. The second-order valence-corrected chi connectivity index (χ2v) is 23.3. The van der Waals surface area contributed by atoms with E-state index in [4.69, 9.17) is 9.72 Å². The van der Waals surface area contributed by atoms with Crippen LogP contribution in [0, 0.1) is 6.33 Å². The number of ether oxygens (including phenoxy) is 1. The molecule has 72 heavy (non-hydrogen) atoms. The van der Waals surface area contributed by atoms with E-state index in [2.05, 4.69) is 291 Å². The Morgan fingerprint density at radius 2 is 1.03 bits per heavy atom. The zero-order valence-corrected chi connectivity index (χ0v) is 44.2. The topological polar surface area (TPSA) is 35.9 Å². The fraction of sp³-hybridized carbons (Fsp3) is 0.254. The van der Waals surface area contributed by atoms with Gasteiger partial charge in [0.15, 0.2) is 0 Å². The normalized spacial score (nSPS) is 12.7. The quantitative estimate of drug-likeness (QED) is 0.0957. The third kappa shape index (κ3) is 8.84. The van der Waals surface area contributed by atoms with Crippen molar-refractivity contribution in [2.24, 2.45) is 0 Å². The van der Waals surface area contributed by atoms with Gasteiger partial charge in [0.1, 0.15) is 17.3 Å². The van der Waals surface area contributed by atoms with Crippen molar-refractivity contribution in [2.75, 3.05) is 0 Å². The number of aromatic nitrogens is 4. The van der Waals surface area contributed by atoms with E-state index < -0.39 is 0 Å². The molecule has 362 valence electrons. The lowest BCUT2D eigenvalue weighted by molar-refractivity contribution is -0.599. The molecule has 0 atom stereocenters. The summed E-state index contributed by atoms with van der Waals surface area (Å²) in [6, 6.07) is 65.6. The van der Waals surface area contributed by atoms with Crippen LogP contribution >= 0.6 is 0 Å². The molecular weight excluding hydrogens is 877 g/mol. The van der Waals surface area contributed by atoms with Crippen LogP contribution in [-0.4, -0.2) is 14.1 Å². The van der Waals surface area contributed by atoms with E-state index >= 15 is 0 Å². The van der Waals surface area contributed by atoms with Crippen molar-refractivity contribution in [3.8, 4) is 28.7 Å². The molecule has 0 aliphatic rings. The highest BCUT2D eigenvalue weighted by molar-refractivity contribution is 6.11. The Balaban J connectivity index is 1.12. The molecule has 0 radical (unpaired) electrons. The molecule has 0 saturated carbocycles. The summed E-state index contributed by atoms with van der Waals surface area (Å²) in [6.07, 6.45) is 8.04. The van der Waals surface area contributed by atoms with E-state index in [0.29, 0.717) is 0 Å². The average Bonchev–Trinajstić information content (AvgIpc) is 3.98. The van der Waals surface area contributed by atoms with Gasteiger partial charge >= 0.3 is 0 Å². The molecule has 5 heteroatoms. The highest BCUT2D eigenvalue weighted by atomic mass is 16.5. The Bertz CT molecular complexity index is 3510. The van der Waals surface area contributed by atoms with Gasteiger partial charge in [-0.3, -0.25) is 13.7 Å². The van der Waals surface area contributed by atoms with Crippen LogP contribution in [0.4, 0.5) is 0 Å². The van der Waals surface area contributed by atoms with Crippen LogP contribution in [0.5, 0.6) is 11.5 Å². The molecule has 0 N–H and O–H groups in total. The first-order valence-electron chi connectivity index (χ1n) is 25.4. The molecule has 10 rings (SSSR count). The largest absolute Gasteiger partial charge is 0.458 e. The summed E-state index contributed by atoms with van der Waals surface area (Å²) in [5.41, 5.74) is 12.8. The van der Waals surface area contributed by atoms with Gasteiger partial charge in [0, 0.05) is 45.5 Å². The Kier molecular flexibility index (Phi) is 12.0. The number of nitrogens with zero attached hydrogens (tertiary/aromatic N) is 4. The molecule has 3 aromatic heterocycles. The second kappa shape index (κ2) is 18.0. The van der Waals surface area contributed by atoms with Crippen LogP contribution in [-0.2, 0) is 27.1 Å². The first kappa shape index (κ1) is 48.1. The van der Waals surface area contributed by atoms with E-state index in [1.165, 1.54) is 49.7 Å². The van der Waals surface area contributed by atoms with Gasteiger partial charge in [-0.1, -0.05) is 204 Å². The minimum Gasteiger partial charge on any atom is -0.458 e. The van der Waals surface area contributed by atoms with Gasteiger partial charge < -0.3 is 4.74 Å². The molecule has 0 unspecified atom stereocenters. The third-order valence-corrected chi connectivity index (χ3v) is 15.2. The standard InChI is InChI=1S/C67H68N4O/c1-63(2,3)49-35-36-68-61(40-49)71-58-34-23-22-33-56(58)62-57(67(11,12)48-29-20-15-21-30-48)42-55(43-59(62)71)72-54-32-24-31-52(41-54)70-45-69(44-60(70)64(4,5)6)53-38-50(65(7,8)46-25-16-13-17-26-46)37-51(39-53)66(9,10)47-27-18-14-19-28-47/h13-44H,1-12H3. The van der Waals surface area contributed by atoms with Crippen LogP contribution < -0.4 is 9.30 Å². The lowest BCUT2D eigenvalue weighted by Crippen LogP contribution is -2.31. The summed E-state index contributed by atoms with van der Waals surface area (Å²) in [6.45, 7) is 27.5. The van der Waals surface area contributed by atoms with Gasteiger partial charge in [0.25, 0.3) is 6.33 Å². The number of para-hydroxylation sites is 1. The van der Waals surface area contributed by atoms with E-state index in [0.717, 1.165) is 45.4 Å². The predicted octanol–water partition coefficient (Wildman–Crippen LogP) is 16.4. The Labute approximate surface area is 427 Å². The Hall–Kier alpha value is -7.50. The van der Waals surface area contributed by atoms with Crippen molar-refractivity contribution in [1.82, 2.24) is 14.1 Å². The summed E-state index contributed by atoms with van der Waals surface area (Å²) in [7, 11) is 0. The molecule has 0 bridgehead atoms. The highest BCUT2D eigenvalue weighted by Crippen LogP contribution is 2.45. The molecule has 0 aliphatic carbocycles. The van der Waals surface area contributed by atoms with Crippen molar-refractivity contribution < 1.29 is 9.30 Å². The zero-order chi connectivity index (χ0) is 50.8. The number of benzene rings is 7. The minimum atomic E-state index is -0.379. The average molecular weight is 945 g/mol. The summed E-state index contributed by atoms with van der Waals surface area (Å²) in [5, 5.41) is 2.37. The molecule has 3 heterocycles. The predicted molar refractivity (Wildman–Crippen MR) is 298 cm³/mol. The lowest BCUT2D eigenvalue weighted by atomic mass is 9.73. The van der Waals surface area contributed by atoms with E-state index in [1.807, 2.05) is 6.20 Å². The maximum Gasteiger partial charge on any atom is 0.269 e. The van der Waals surface area contributed by atoms with Crippen molar-refractivity contribution in [1.29, 1.82) is 0 Å². The highest BCUT2D eigenvalue weighted by Gasteiger charge is 2.32. The van der Waals surface area contributed by atoms with Gasteiger partial charge in [-0.25, -0.2) is 4.98 Å². The van der Waals surface area contributed by atoms with Crippen LogP contribution in [0.2, 0.25) is 0 Å². The van der Waals surface area contributed by atoms with Crippen LogP contribution in [0.15, 0.2) is 194 Å². The number of pyridine rings is 1. The van der Waals surface area contributed by atoms with E-state index in [1.54, 1.807) is 0 Å². The fourth-order valence-electron chi connectivity index (χ4n) is 10.5. The molecule has 0 saturated heterocycles. The molecule has 5 nitrogen and oxygen atoms in total. The summed E-state index contributed by atoms with van der Waals surface area (Å²) in [5.74, 6) is 2.37. The fourth-order valence-corrected chi connectivity index (χ4v) is 10.5. The number of rotatable bonds is 11. The maximum absolute atomic E-state index is 7.12. The van der Waals surface area contributed by atoms with Crippen LogP contribution in [0.3, 0.4) is 0 Å². The Morgan fingerprint density at radius 3 is 1.61 bits per heavy atom. The van der Waals surface area contributed by atoms with Gasteiger partial charge in [-0.15, -0.1) is 0 Å². The van der Waals surface area contributed by atoms with Crippen molar-refractivity contribution >= 4 is 21.8 Å². The van der Waals surface area contributed by atoms with Gasteiger partial charge in [-0.05, 0) is 104 Å². The number of fused-ring (bicyclic) bond motifs is 3. The lowest BCUT2D eigenvalue weighted by Gasteiger charge is -2.32. The third-order valence-electron chi connectivity index (χ3n) is 15.2. The Morgan fingerprint density at radius 1 is 0.458 bits per heavy atom.